The molecule has 1 aromatic carbocycles. The summed E-state index contributed by atoms with van der Waals surface area (Å²) in [6.45, 7) is 3.43. The van der Waals surface area contributed by atoms with Crippen molar-refractivity contribution < 1.29 is 13.5 Å². The minimum Gasteiger partial charge on any atom is -0.434 e. The molecule has 0 saturated carbocycles. The van der Waals surface area contributed by atoms with Crippen molar-refractivity contribution in [1.82, 2.24) is 10.2 Å². The van der Waals surface area contributed by atoms with Crippen molar-refractivity contribution in [2.75, 3.05) is 26.2 Å². The van der Waals surface area contributed by atoms with Crippen molar-refractivity contribution in [3.63, 3.8) is 0 Å². The summed E-state index contributed by atoms with van der Waals surface area (Å²) in [5.74, 6) is 0.325. The lowest BCUT2D eigenvalue weighted by atomic mass is 10.1. The fourth-order valence-electron chi connectivity index (χ4n) is 2.21. The van der Waals surface area contributed by atoms with Gasteiger partial charge in [0.05, 0.1) is 0 Å². The normalized spacial score (nSPS) is 17.1. The van der Waals surface area contributed by atoms with E-state index in [-0.39, 0.29) is 0 Å². The average Bonchev–Trinajstić information content (AvgIpc) is 2.34. The lowest BCUT2D eigenvalue weighted by molar-refractivity contribution is -0.0512. The predicted octanol–water partition coefficient (Wildman–Crippen LogP) is 2.00. The molecule has 0 bridgehead atoms. The van der Waals surface area contributed by atoms with E-state index in [1.807, 2.05) is 12.1 Å². The van der Waals surface area contributed by atoms with E-state index in [0.717, 1.165) is 37.3 Å². The van der Waals surface area contributed by atoms with Gasteiger partial charge in [-0.05, 0) is 12.5 Å². The number of alkyl halides is 2. The molecule has 1 aliphatic heterocycles. The molecule has 1 aromatic rings. The van der Waals surface area contributed by atoms with Crippen LogP contribution in [-0.4, -0.2) is 37.7 Å². The van der Waals surface area contributed by atoms with Crippen LogP contribution in [0, 0.1) is 6.92 Å². The SMILES string of the molecule is Cc1cccc(CN2CCNCC2)c1OC(F)F. The van der Waals surface area contributed by atoms with E-state index in [1.165, 1.54) is 0 Å². The fourth-order valence-corrected chi connectivity index (χ4v) is 2.21. The van der Waals surface area contributed by atoms with Gasteiger partial charge in [0.2, 0.25) is 0 Å². The van der Waals surface area contributed by atoms with Gasteiger partial charge in [-0.2, -0.15) is 8.78 Å². The van der Waals surface area contributed by atoms with Gasteiger partial charge in [-0.1, -0.05) is 18.2 Å². The number of rotatable bonds is 4. The van der Waals surface area contributed by atoms with E-state index in [4.69, 9.17) is 0 Å². The molecular weight excluding hydrogens is 238 g/mol. The first kappa shape index (κ1) is 13.2. The van der Waals surface area contributed by atoms with Crippen LogP contribution in [0.3, 0.4) is 0 Å². The maximum atomic E-state index is 12.4. The zero-order valence-corrected chi connectivity index (χ0v) is 10.5. The second-order valence-electron chi connectivity index (χ2n) is 4.47. The highest BCUT2D eigenvalue weighted by Crippen LogP contribution is 2.26. The minimum absolute atomic E-state index is 0.325. The number of halogens is 2. The lowest BCUT2D eigenvalue weighted by Gasteiger charge is -2.28. The van der Waals surface area contributed by atoms with Crippen LogP contribution >= 0.6 is 0 Å². The number of ether oxygens (including phenoxy) is 1. The average molecular weight is 256 g/mol. The Morgan fingerprint density at radius 2 is 2.06 bits per heavy atom. The van der Waals surface area contributed by atoms with Gasteiger partial charge in [0.25, 0.3) is 0 Å². The van der Waals surface area contributed by atoms with E-state index in [9.17, 15) is 8.78 Å². The molecule has 100 valence electrons. The van der Waals surface area contributed by atoms with Gasteiger partial charge in [0.1, 0.15) is 5.75 Å². The van der Waals surface area contributed by atoms with E-state index >= 15 is 0 Å². The monoisotopic (exact) mass is 256 g/mol. The van der Waals surface area contributed by atoms with Crippen molar-refractivity contribution in [3.8, 4) is 5.75 Å². The third-order valence-corrected chi connectivity index (χ3v) is 3.10. The van der Waals surface area contributed by atoms with Crippen molar-refractivity contribution in [3.05, 3.63) is 29.3 Å². The van der Waals surface area contributed by atoms with E-state index < -0.39 is 6.61 Å². The maximum absolute atomic E-state index is 12.4. The van der Waals surface area contributed by atoms with Crippen molar-refractivity contribution in [2.24, 2.45) is 0 Å². The molecule has 2 rings (SSSR count). The molecular formula is C13H18F2N2O. The topological polar surface area (TPSA) is 24.5 Å². The Morgan fingerprint density at radius 3 is 2.72 bits per heavy atom. The Balaban J connectivity index is 2.12. The van der Waals surface area contributed by atoms with Gasteiger partial charge in [0, 0.05) is 38.3 Å². The highest BCUT2D eigenvalue weighted by Gasteiger charge is 2.16. The summed E-state index contributed by atoms with van der Waals surface area (Å²) in [4.78, 5) is 2.24. The summed E-state index contributed by atoms with van der Waals surface area (Å²) < 4.78 is 29.5. The largest absolute Gasteiger partial charge is 0.434 e. The quantitative estimate of drug-likeness (QED) is 0.891. The van der Waals surface area contributed by atoms with E-state index in [2.05, 4.69) is 15.0 Å². The van der Waals surface area contributed by atoms with Crippen LogP contribution in [0.25, 0.3) is 0 Å². The first-order valence-electron chi connectivity index (χ1n) is 6.13. The van der Waals surface area contributed by atoms with Gasteiger partial charge in [0.15, 0.2) is 0 Å². The molecule has 0 spiro atoms. The lowest BCUT2D eigenvalue weighted by Crippen LogP contribution is -2.42. The molecule has 1 N–H and O–H groups in total. The van der Waals surface area contributed by atoms with Gasteiger partial charge in [-0.25, -0.2) is 0 Å². The molecule has 0 atom stereocenters. The number of para-hydroxylation sites is 1. The Kier molecular flexibility index (Phi) is 4.49. The number of nitrogens with one attached hydrogen (secondary N) is 1. The van der Waals surface area contributed by atoms with Crippen LogP contribution in [0.5, 0.6) is 5.75 Å². The maximum Gasteiger partial charge on any atom is 0.387 e. The summed E-state index contributed by atoms with van der Waals surface area (Å²) in [5.41, 5.74) is 1.58. The van der Waals surface area contributed by atoms with Crippen LogP contribution in [0.2, 0.25) is 0 Å². The molecule has 1 heterocycles. The molecule has 1 aliphatic rings. The van der Waals surface area contributed by atoms with Crippen LogP contribution in [-0.2, 0) is 6.54 Å². The number of piperazine rings is 1. The number of hydrogen-bond donors (Lipinski definition) is 1. The summed E-state index contributed by atoms with van der Waals surface area (Å²) in [7, 11) is 0. The molecule has 0 aliphatic carbocycles. The zero-order valence-electron chi connectivity index (χ0n) is 10.5. The van der Waals surface area contributed by atoms with Gasteiger partial charge in [-0.3, -0.25) is 4.90 Å². The Bertz CT molecular complexity index is 393. The standard InChI is InChI=1S/C13H18F2N2O/c1-10-3-2-4-11(12(10)18-13(14)15)9-17-7-5-16-6-8-17/h2-4,13,16H,5-9H2,1H3. The molecule has 0 unspecified atom stereocenters. The van der Waals surface area contributed by atoms with Crippen molar-refractivity contribution >= 4 is 0 Å². The van der Waals surface area contributed by atoms with E-state index in [1.54, 1.807) is 13.0 Å². The third-order valence-electron chi connectivity index (χ3n) is 3.10. The van der Waals surface area contributed by atoms with Gasteiger partial charge < -0.3 is 10.1 Å². The Morgan fingerprint density at radius 1 is 1.33 bits per heavy atom. The number of benzene rings is 1. The molecule has 0 amide bonds. The molecule has 1 fully saturated rings. The van der Waals surface area contributed by atoms with Crippen LogP contribution < -0.4 is 10.1 Å². The first-order valence-corrected chi connectivity index (χ1v) is 6.13. The second-order valence-corrected chi connectivity index (χ2v) is 4.47. The molecule has 0 aromatic heterocycles. The number of nitrogens with zero attached hydrogens (tertiary/aromatic N) is 1. The van der Waals surface area contributed by atoms with E-state index in [0.29, 0.717) is 12.3 Å². The van der Waals surface area contributed by atoms with Crippen molar-refractivity contribution in [2.45, 2.75) is 20.1 Å². The molecule has 18 heavy (non-hydrogen) atoms. The van der Waals surface area contributed by atoms with Crippen molar-refractivity contribution in [1.29, 1.82) is 0 Å². The summed E-state index contributed by atoms with van der Waals surface area (Å²) >= 11 is 0. The smallest absolute Gasteiger partial charge is 0.387 e. The number of aryl methyl sites for hydroxylation is 1. The highest BCUT2D eigenvalue weighted by molar-refractivity contribution is 5.40. The molecule has 5 heteroatoms. The number of hydrogen-bond acceptors (Lipinski definition) is 3. The fraction of sp³-hybridized carbons (Fsp3) is 0.538. The first-order chi connectivity index (χ1) is 8.66. The third kappa shape index (κ3) is 3.40. The van der Waals surface area contributed by atoms with Gasteiger partial charge >= 0.3 is 6.61 Å². The minimum atomic E-state index is -2.77. The molecule has 3 nitrogen and oxygen atoms in total. The van der Waals surface area contributed by atoms with Gasteiger partial charge in [-0.15, -0.1) is 0 Å². The predicted molar refractivity (Wildman–Crippen MR) is 66.0 cm³/mol. The van der Waals surface area contributed by atoms with Crippen LogP contribution in [0.1, 0.15) is 11.1 Å². The Labute approximate surface area is 106 Å². The van der Waals surface area contributed by atoms with Crippen LogP contribution in [0.15, 0.2) is 18.2 Å². The second kappa shape index (κ2) is 6.11. The Hall–Kier alpha value is -1.20. The summed E-state index contributed by atoms with van der Waals surface area (Å²) in [5, 5.41) is 3.27. The zero-order chi connectivity index (χ0) is 13.0. The summed E-state index contributed by atoms with van der Waals surface area (Å²) in [6, 6.07) is 5.52. The highest BCUT2D eigenvalue weighted by atomic mass is 19.3. The molecule has 0 radical (unpaired) electrons. The van der Waals surface area contributed by atoms with Crippen LogP contribution in [0.4, 0.5) is 8.78 Å². The summed E-state index contributed by atoms with van der Waals surface area (Å²) in [6.07, 6.45) is 0. The molecule has 1 saturated heterocycles.